The first-order chi connectivity index (χ1) is 14.6. The molecule has 1 aliphatic carbocycles. The first-order valence-electron chi connectivity index (χ1n) is 11.2. The summed E-state index contributed by atoms with van der Waals surface area (Å²) in [5, 5.41) is 6.15. The fourth-order valence-electron chi connectivity index (χ4n) is 5.36. The van der Waals surface area contributed by atoms with Gasteiger partial charge in [0, 0.05) is 24.6 Å². The van der Waals surface area contributed by atoms with E-state index < -0.39 is 6.04 Å². The fourth-order valence-corrected chi connectivity index (χ4v) is 5.36. The Hall–Kier alpha value is -2.25. The van der Waals surface area contributed by atoms with Crippen LogP contribution in [0, 0.1) is 5.92 Å². The van der Waals surface area contributed by atoms with Gasteiger partial charge in [-0.05, 0) is 48.8 Å². The second-order valence-electron chi connectivity index (χ2n) is 9.15. The van der Waals surface area contributed by atoms with Crippen molar-refractivity contribution >= 4 is 17.7 Å². The van der Waals surface area contributed by atoms with Crippen LogP contribution in [-0.4, -0.2) is 54.0 Å². The highest BCUT2D eigenvalue weighted by molar-refractivity contribution is 6.05. The average Bonchev–Trinajstić information content (AvgIpc) is 3.02. The van der Waals surface area contributed by atoms with Crippen molar-refractivity contribution in [1.82, 2.24) is 15.5 Å². The largest absolute Gasteiger partial charge is 0.378 e. The van der Waals surface area contributed by atoms with Crippen molar-refractivity contribution in [3.63, 3.8) is 0 Å². The Kier molecular flexibility index (Phi) is 5.33. The Morgan fingerprint density at radius 2 is 1.93 bits per heavy atom. The summed E-state index contributed by atoms with van der Waals surface area (Å²) in [6, 6.07) is 6.62. The minimum atomic E-state index is -0.553. The van der Waals surface area contributed by atoms with Crippen LogP contribution in [-0.2, 0) is 27.3 Å². The van der Waals surface area contributed by atoms with E-state index in [1.54, 1.807) is 4.90 Å². The van der Waals surface area contributed by atoms with Crippen molar-refractivity contribution in [2.24, 2.45) is 5.92 Å². The Balaban J connectivity index is 1.28. The molecular weight excluding hydrogens is 382 g/mol. The highest BCUT2D eigenvalue weighted by Gasteiger charge is 2.39. The Morgan fingerprint density at radius 1 is 1.10 bits per heavy atom. The van der Waals surface area contributed by atoms with Gasteiger partial charge < -0.3 is 15.0 Å². The van der Waals surface area contributed by atoms with Crippen LogP contribution in [0.4, 0.5) is 0 Å². The Morgan fingerprint density at radius 3 is 2.70 bits per heavy atom. The highest BCUT2D eigenvalue weighted by Crippen LogP contribution is 2.32. The molecule has 4 aliphatic rings. The molecule has 2 unspecified atom stereocenters. The first kappa shape index (κ1) is 19.7. The summed E-state index contributed by atoms with van der Waals surface area (Å²) in [7, 11) is 0. The molecule has 7 nitrogen and oxygen atoms in total. The third-order valence-electron chi connectivity index (χ3n) is 7.08. The summed E-state index contributed by atoms with van der Waals surface area (Å²) in [6.45, 7) is 2.08. The Bertz CT molecular complexity index is 866. The third kappa shape index (κ3) is 3.76. The summed E-state index contributed by atoms with van der Waals surface area (Å²) in [5.41, 5.74) is 2.94. The summed E-state index contributed by atoms with van der Waals surface area (Å²) in [4.78, 5) is 38.2. The second kappa shape index (κ2) is 8.12. The smallest absolute Gasteiger partial charge is 0.255 e. The van der Waals surface area contributed by atoms with Crippen LogP contribution in [0.25, 0.3) is 0 Å². The maximum Gasteiger partial charge on any atom is 0.255 e. The molecule has 160 valence electrons. The van der Waals surface area contributed by atoms with Gasteiger partial charge in [-0.15, -0.1) is 0 Å². The predicted molar refractivity (Wildman–Crippen MR) is 110 cm³/mol. The summed E-state index contributed by atoms with van der Waals surface area (Å²) < 4.78 is 5.32. The minimum absolute atomic E-state index is 0.103. The molecule has 1 aromatic carbocycles. The van der Waals surface area contributed by atoms with Gasteiger partial charge in [0.25, 0.3) is 5.91 Å². The lowest BCUT2D eigenvalue weighted by molar-refractivity contribution is -0.136. The average molecular weight is 412 g/mol. The molecule has 3 heterocycles. The normalized spacial score (nSPS) is 29.5. The van der Waals surface area contributed by atoms with Crippen LogP contribution >= 0.6 is 0 Å². The molecule has 3 fully saturated rings. The van der Waals surface area contributed by atoms with E-state index in [4.69, 9.17) is 4.74 Å². The van der Waals surface area contributed by atoms with Crippen LogP contribution < -0.4 is 10.6 Å². The van der Waals surface area contributed by atoms with Crippen molar-refractivity contribution in [3.05, 3.63) is 34.9 Å². The predicted octanol–water partition coefficient (Wildman–Crippen LogP) is 1.54. The number of amides is 3. The molecule has 3 aliphatic heterocycles. The summed E-state index contributed by atoms with van der Waals surface area (Å²) in [6.07, 6.45) is 6.68. The SMILES string of the molecule is O=C1CCC(N2Cc3cc(C[C@H]4CCCCC4NC4COC4)ccc3C2=O)C(=O)N1. The topological polar surface area (TPSA) is 87.7 Å². The first-order valence-corrected chi connectivity index (χ1v) is 11.2. The maximum atomic E-state index is 12.9. The number of rotatable bonds is 5. The van der Waals surface area contributed by atoms with E-state index in [9.17, 15) is 14.4 Å². The number of carbonyl (C=O) groups excluding carboxylic acids is 3. The molecule has 0 spiro atoms. The fraction of sp³-hybridized carbons (Fsp3) is 0.609. The van der Waals surface area contributed by atoms with Gasteiger partial charge in [0.05, 0.1) is 19.3 Å². The van der Waals surface area contributed by atoms with E-state index in [0.29, 0.717) is 36.5 Å². The van der Waals surface area contributed by atoms with Gasteiger partial charge in [0.2, 0.25) is 11.8 Å². The number of imide groups is 1. The molecule has 2 N–H and O–H groups in total. The molecule has 1 saturated carbocycles. The van der Waals surface area contributed by atoms with E-state index in [1.807, 2.05) is 6.07 Å². The number of piperidine rings is 1. The molecule has 1 aromatic rings. The molecule has 2 saturated heterocycles. The van der Waals surface area contributed by atoms with E-state index in [-0.39, 0.29) is 24.1 Å². The third-order valence-corrected chi connectivity index (χ3v) is 7.08. The second-order valence-corrected chi connectivity index (χ2v) is 9.15. The lowest BCUT2D eigenvalue weighted by Crippen LogP contribution is -2.53. The molecule has 5 rings (SSSR count). The maximum absolute atomic E-state index is 12.9. The van der Waals surface area contributed by atoms with Gasteiger partial charge in [-0.25, -0.2) is 0 Å². The van der Waals surface area contributed by atoms with Crippen molar-refractivity contribution in [2.75, 3.05) is 13.2 Å². The van der Waals surface area contributed by atoms with E-state index in [0.717, 1.165) is 25.2 Å². The van der Waals surface area contributed by atoms with Gasteiger partial charge in [-0.3, -0.25) is 19.7 Å². The number of ether oxygens (including phenoxy) is 1. The standard InChI is InChI=1S/C23H29N3O4/c27-21-8-7-20(22(28)25-21)26-11-16-10-14(5-6-18(16)23(26)29)9-15-3-1-2-4-19(15)24-17-12-30-13-17/h5-6,10,15,17,19-20,24H,1-4,7-9,11-13H2,(H,25,27,28)/t15-,19?,20?/m1/s1. The van der Waals surface area contributed by atoms with E-state index in [2.05, 4.69) is 22.8 Å². The molecule has 0 bridgehead atoms. The van der Waals surface area contributed by atoms with Crippen molar-refractivity contribution in [3.8, 4) is 0 Å². The number of nitrogens with one attached hydrogen (secondary N) is 2. The zero-order chi connectivity index (χ0) is 20.7. The summed E-state index contributed by atoms with van der Waals surface area (Å²) in [5.74, 6) is -0.121. The highest BCUT2D eigenvalue weighted by atomic mass is 16.5. The lowest BCUT2D eigenvalue weighted by atomic mass is 9.80. The zero-order valence-corrected chi connectivity index (χ0v) is 17.2. The lowest BCUT2D eigenvalue weighted by Gasteiger charge is -2.38. The number of carbonyl (C=O) groups is 3. The quantitative estimate of drug-likeness (QED) is 0.718. The van der Waals surface area contributed by atoms with E-state index in [1.165, 1.54) is 31.2 Å². The van der Waals surface area contributed by atoms with Crippen molar-refractivity contribution in [1.29, 1.82) is 0 Å². The number of benzene rings is 1. The molecule has 3 atom stereocenters. The minimum Gasteiger partial charge on any atom is -0.378 e. The Labute approximate surface area is 176 Å². The molecule has 0 aromatic heterocycles. The van der Waals surface area contributed by atoms with Gasteiger partial charge in [0.15, 0.2) is 0 Å². The van der Waals surface area contributed by atoms with Crippen LogP contribution in [0.5, 0.6) is 0 Å². The number of fused-ring (bicyclic) bond motifs is 1. The van der Waals surface area contributed by atoms with E-state index >= 15 is 0 Å². The van der Waals surface area contributed by atoms with Gasteiger partial charge in [-0.2, -0.15) is 0 Å². The van der Waals surface area contributed by atoms with Crippen molar-refractivity contribution < 1.29 is 19.1 Å². The molecule has 0 radical (unpaired) electrons. The van der Waals surface area contributed by atoms with Crippen LogP contribution in [0.1, 0.15) is 60.0 Å². The summed E-state index contributed by atoms with van der Waals surface area (Å²) >= 11 is 0. The zero-order valence-electron chi connectivity index (χ0n) is 17.2. The number of hydrogen-bond donors (Lipinski definition) is 2. The van der Waals surface area contributed by atoms with Gasteiger partial charge in [0.1, 0.15) is 6.04 Å². The number of hydrogen-bond acceptors (Lipinski definition) is 5. The van der Waals surface area contributed by atoms with Crippen LogP contribution in [0.2, 0.25) is 0 Å². The molecule has 30 heavy (non-hydrogen) atoms. The van der Waals surface area contributed by atoms with Gasteiger partial charge in [-0.1, -0.05) is 25.0 Å². The number of nitrogens with zero attached hydrogens (tertiary/aromatic N) is 1. The molecule has 3 amide bonds. The van der Waals surface area contributed by atoms with Crippen LogP contribution in [0.15, 0.2) is 18.2 Å². The van der Waals surface area contributed by atoms with Crippen LogP contribution in [0.3, 0.4) is 0 Å². The van der Waals surface area contributed by atoms with Crippen molar-refractivity contribution in [2.45, 2.75) is 69.6 Å². The van der Waals surface area contributed by atoms with Gasteiger partial charge >= 0.3 is 0 Å². The monoisotopic (exact) mass is 411 g/mol. The molecule has 7 heteroatoms. The molecular formula is C23H29N3O4.